The average Bonchev–Trinajstić information content (AvgIpc) is 2.37. The number of benzene rings is 1. The molecule has 0 spiro atoms. The van der Waals surface area contributed by atoms with Gasteiger partial charge in [0, 0.05) is 26.4 Å². The fraction of sp³-hybridized carbons (Fsp3) is 0.400. The molecule has 1 aliphatic rings. The number of nitrogens with one attached hydrogen (secondary N) is 1. The molecule has 13 heavy (non-hydrogen) atoms. The predicted octanol–water partition coefficient (Wildman–Crippen LogP) is 1.89. The highest BCUT2D eigenvalue weighted by atomic mass is 32.2. The first-order valence-electron chi connectivity index (χ1n) is 5.20. The van der Waals surface area contributed by atoms with E-state index in [0.29, 0.717) is 17.9 Å². The Morgan fingerprint density at radius 2 is 2.54 bits per heavy atom. The van der Waals surface area contributed by atoms with Crippen LogP contribution in [-0.2, 0) is 6.50 Å². The lowest BCUT2D eigenvalue weighted by Crippen LogP contribution is -2.13. The molecule has 0 atom stereocenters. The Labute approximate surface area is 85.5 Å². The van der Waals surface area contributed by atoms with Gasteiger partial charge in [-0.2, -0.15) is 0 Å². The molecule has 70 valence electrons. The van der Waals surface area contributed by atoms with Crippen molar-refractivity contribution >= 4 is 11.8 Å². The van der Waals surface area contributed by atoms with Gasteiger partial charge in [0.05, 0.1) is 7.11 Å². The fourth-order valence-corrected chi connectivity index (χ4v) is 2.08. The molecule has 0 aromatic heterocycles. The van der Waals surface area contributed by atoms with Gasteiger partial charge >= 0.3 is 0 Å². The number of thioether (sulfide) groups is 1. The van der Waals surface area contributed by atoms with E-state index in [2.05, 4.69) is 5.32 Å². The summed E-state index contributed by atoms with van der Waals surface area (Å²) in [5.74, 6) is 1.58. The molecule has 1 aromatic carbocycles. The highest BCUT2D eigenvalue weighted by Crippen LogP contribution is 2.27. The maximum Gasteiger partial charge on any atom is 0.119 e. The van der Waals surface area contributed by atoms with Gasteiger partial charge in [0.15, 0.2) is 0 Å². The molecule has 0 unspecified atom stereocenters. The Morgan fingerprint density at radius 1 is 1.62 bits per heavy atom. The van der Waals surface area contributed by atoms with E-state index in [0.717, 1.165) is 10.6 Å². The monoisotopic (exact) mass is 197 g/mol. The minimum atomic E-state index is -1.46. The maximum atomic E-state index is 7.91. The summed E-state index contributed by atoms with van der Waals surface area (Å²) in [6.07, 6.45) is 0. The Bertz CT molecular complexity index is 370. The lowest BCUT2D eigenvalue weighted by atomic mass is 10.2. The van der Waals surface area contributed by atoms with Gasteiger partial charge in [0.2, 0.25) is 0 Å². The lowest BCUT2D eigenvalue weighted by Gasteiger charge is -2.06. The van der Waals surface area contributed by atoms with Crippen molar-refractivity contribution in [3.63, 3.8) is 0 Å². The van der Waals surface area contributed by atoms with Gasteiger partial charge in [0.25, 0.3) is 0 Å². The molecule has 1 heterocycles. The average molecular weight is 197 g/mol. The number of methoxy groups -OCH3 is 1. The Hall–Kier alpha value is -0.670. The number of hydrogen-bond acceptors (Lipinski definition) is 3. The zero-order valence-electron chi connectivity index (χ0n) is 9.46. The van der Waals surface area contributed by atoms with Crippen LogP contribution in [0.25, 0.3) is 0 Å². The van der Waals surface area contributed by atoms with Crippen molar-refractivity contribution in [2.45, 2.75) is 11.4 Å². The van der Waals surface area contributed by atoms with E-state index in [9.17, 15) is 0 Å². The van der Waals surface area contributed by atoms with Crippen molar-refractivity contribution in [2.75, 3.05) is 19.4 Å². The van der Waals surface area contributed by atoms with Gasteiger partial charge in [-0.1, -0.05) is 0 Å². The summed E-state index contributed by atoms with van der Waals surface area (Å²) in [7, 11) is 1.59. The van der Waals surface area contributed by atoms with Gasteiger partial charge in [-0.25, -0.2) is 0 Å². The van der Waals surface area contributed by atoms with Gasteiger partial charge in [-0.05, 0) is 23.8 Å². The van der Waals surface area contributed by atoms with Crippen LogP contribution in [0.3, 0.4) is 0 Å². The molecule has 3 heteroatoms. The molecule has 0 saturated heterocycles. The van der Waals surface area contributed by atoms with Crippen molar-refractivity contribution < 1.29 is 7.48 Å². The fourth-order valence-electron chi connectivity index (χ4n) is 1.23. The van der Waals surface area contributed by atoms with E-state index in [1.165, 1.54) is 0 Å². The molecule has 1 aromatic rings. The first-order valence-corrected chi connectivity index (χ1v) is 5.18. The second-order valence-electron chi connectivity index (χ2n) is 2.76. The van der Waals surface area contributed by atoms with Gasteiger partial charge in [-0.15, -0.1) is 11.8 Å². The molecular formula is C10H13NOS. The molecule has 0 fully saturated rings. The quantitative estimate of drug-likeness (QED) is 0.743. The first-order chi connectivity index (χ1) is 7.13. The largest absolute Gasteiger partial charge is 0.497 e. The Kier molecular flexibility index (Phi) is 2.09. The van der Waals surface area contributed by atoms with Crippen molar-refractivity contribution in [3.05, 3.63) is 23.8 Å². The van der Waals surface area contributed by atoms with Crippen molar-refractivity contribution in [2.24, 2.45) is 0 Å². The summed E-state index contributed by atoms with van der Waals surface area (Å²) >= 11 is 1.67. The van der Waals surface area contributed by atoms with Crippen LogP contribution < -0.4 is 10.1 Å². The predicted molar refractivity (Wildman–Crippen MR) is 55.4 cm³/mol. The molecule has 2 rings (SSSR count). The SMILES string of the molecule is [2H]C1([2H])NCCSc2ccc(OC)cc21. The second kappa shape index (κ2) is 4.03. The Balaban J connectivity index is 2.48. The lowest BCUT2D eigenvalue weighted by molar-refractivity contribution is 0.413. The third-order valence-electron chi connectivity index (χ3n) is 1.89. The molecule has 0 saturated carbocycles. The summed E-state index contributed by atoms with van der Waals surface area (Å²) in [6, 6.07) is 5.55. The minimum Gasteiger partial charge on any atom is -0.497 e. The van der Waals surface area contributed by atoms with Crippen molar-refractivity contribution in [1.82, 2.24) is 5.32 Å². The first kappa shape index (κ1) is 6.74. The van der Waals surface area contributed by atoms with Crippen molar-refractivity contribution in [1.29, 1.82) is 0 Å². The van der Waals surface area contributed by atoms with E-state index in [1.54, 1.807) is 24.9 Å². The molecule has 0 radical (unpaired) electrons. The summed E-state index contributed by atoms with van der Waals surface area (Å²) < 4.78 is 20.9. The van der Waals surface area contributed by atoms with Crippen LogP contribution in [-0.4, -0.2) is 19.4 Å². The highest BCUT2D eigenvalue weighted by molar-refractivity contribution is 7.99. The zero-order chi connectivity index (χ0) is 10.9. The van der Waals surface area contributed by atoms with Crippen LogP contribution in [0, 0.1) is 0 Å². The third-order valence-corrected chi connectivity index (χ3v) is 2.97. The van der Waals surface area contributed by atoms with Crippen LogP contribution in [0.2, 0.25) is 0 Å². The van der Waals surface area contributed by atoms with Crippen LogP contribution in [0.5, 0.6) is 5.75 Å². The maximum absolute atomic E-state index is 7.91. The van der Waals surface area contributed by atoms with E-state index < -0.39 is 6.50 Å². The molecule has 0 bridgehead atoms. The molecule has 0 aliphatic carbocycles. The number of rotatable bonds is 1. The van der Waals surface area contributed by atoms with E-state index in [4.69, 9.17) is 7.48 Å². The Morgan fingerprint density at radius 3 is 3.38 bits per heavy atom. The van der Waals surface area contributed by atoms with Gasteiger partial charge in [-0.3, -0.25) is 0 Å². The highest BCUT2D eigenvalue weighted by Gasteiger charge is 2.07. The van der Waals surface area contributed by atoms with Crippen LogP contribution in [0.1, 0.15) is 8.30 Å². The molecule has 1 N–H and O–H groups in total. The third kappa shape index (κ3) is 1.98. The summed E-state index contributed by atoms with van der Waals surface area (Å²) in [6.45, 7) is -0.790. The molecule has 2 nitrogen and oxygen atoms in total. The molecular weight excluding hydrogens is 182 g/mol. The summed E-state index contributed by atoms with van der Waals surface area (Å²) in [5, 5.41) is 2.89. The van der Waals surface area contributed by atoms with Crippen LogP contribution in [0.15, 0.2) is 23.1 Å². The van der Waals surface area contributed by atoms with E-state index in [1.807, 2.05) is 12.1 Å². The van der Waals surface area contributed by atoms with Crippen molar-refractivity contribution in [3.8, 4) is 5.75 Å². The molecule has 0 amide bonds. The van der Waals surface area contributed by atoms with Crippen LogP contribution in [0.4, 0.5) is 0 Å². The minimum absolute atomic E-state index is 0.671. The van der Waals surface area contributed by atoms with Crippen LogP contribution >= 0.6 is 11.8 Å². The van der Waals surface area contributed by atoms with Gasteiger partial charge in [0.1, 0.15) is 5.75 Å². The smallest absolute Gasteiger partial charge is 0.119 e. The number of fused-ring (bicyclic) bond motifs is 1. The number of hydrogen-bond donors (Lipinski definition) is 1. The second-order valence-corrected chi connectivity index (χ2v) is 3.90. The standard InChI is InChI=1S/C10H13NOS/c1-12-9-2-3-10-8(6-9)7-11-4-5-13-10/h2-3,6,11H,4-5,7H2,1H3/i7D2. The van der Waals surface area contributed by atoms with Gasteiger partial charge < -0.3 is 10.1 Å². The molecule has 1 aliphatic heterocycles. The normalized spacial score (nSPS) is 22.2. The number of ether oxygens (including phenoxy) is 1. The zero-order valence-corrected chi connectivity index (χ0v) is 8.28. The summed E-state index contributed by atoms with van der Waals surface area (Å²) in [4.78, 5) is 0.991. The summed E-state index contributed by atoms with van der Waals surface area (Å²) in [5.41, 5.74) is 0.671. The van der Waals surface area contributed by atoms with E-state index >= 15 is 0 Å². The van der Waals surface area contributed by atoms with E-state index in [-0.39, 0.29) is 0 Å². The topological polar surface area (TPSA) is 21.3 Å².